The molecule has 3 heterocycles. The Morgan fingerprint density at radius 3 is 2.69 bits per heavy atom. The molecule has 0 saturated carbocycles. The van der Waals surface area contributed by atoms with Gasteiger partial charge in [0.1, 0.15) is 5.69 Å². The zero-order valence-electron chi connectivity index (χ0n) is 20.7. The Bertz CT molecular complexity index is 1390. The molecule has 192 valence electrons. The first kappa shape index (κ1) is 27.5. The van der Waals surface area contributed by atoms with Crippen molar-refractivity contribution in [1.82, 2.24) is 24.3 Å². The number of aryl methyl sites for hydroxylation is 1. The molecule has 2 aromatic carbocycles. The molecule has 5 rings (SSSR count). The van der Waals surface area contributed by atoms with Crippen LogP contribution in [0.2, 0.25) is 0 Å². The molecule has 0 spiro atoms. The van der Waals surface area contributed by atoms with Gasteiger partial charge in [0.15, 0.2) is 0 Å². The lowest BCUT2D eigenvalue weighted by atomic mass is 10.1. The van der Waals surface area contributed by atoms with Crippen LogP contribution in [0.4, 0.5) is 5.95 Å². The Morgan fingerprint density at radius 1 is 1.14 bits per heavy atom. The third-order valence-corrected chi connectivity index (χ3v) is 6.49. The fourth-order valence-electron chi connectivity index (χ4n) is 4.74. The summed E-state index contributed by atoms with van der Waals surface area (Å²) in [5.74, 6) is 0.261. The largest absolute Gasteiger partial charge is 0.351 e. The summed E-state index contributed by atoms with van der Waals surface area (Å²) in [4.78, 5) is 32.7. The van der Waals surface area contributed by atoms with Gasteiger partial charge in [-0.05, 0) is 70.7 Å². The van der Waals surface area contributed by atoms with E-state index in [-0.39, 0.29) is 42.7 Å². The fourth-order valence-corrected chi connectivity index (χ4v) is 4.74. The Kier molecular flexibility index (Phi) is 8.66. The van der Waals surface area contributed by atoms with Gasteiger partial charge in [0.05, 0.1) is 11.0 Å². The number of benzene rings is 2. The van der Waals surface area contributed by atoms with E-state index in [4.69, 9.17) is 4.98 Å². The standard InChI is InChI=1S/C26H30N6O2.2ClH/c1-17-11-12-27-25(34)23-15-18-9-10-19(16-22(18)32(17)23)24(33)29-26-28-20-7-4-5-8-21(20)31(26)14-6-13-30(2)3;;/h4-5,7-10,15-17H,6,11-14H2,1-3H3,(H,27,34)(H,28,29,33);2*1H/t17-;;/m1../s1. The van der Waals surface area contributed by atoms with Gasteiger partial charge in [0, 0.05) is 35.6 Å². The molecule has 1 atom stereocenters. The minimum Gasteiger partial charge on any atom is -0.351 e. The summed E-state index contributed by atoms with van der Waals surface area (Å²) in [5.41, 5.74) is 3.93. The van der Waals surface area contributed by atoms with Crippen molar-refractivity contribution in [3.63, 3.8) is 0 Å². The number of nitrogens with zero attached hydrogens (tertiary/aromatic N) is 4. The molecule has 10 heteroatoms. The van der Waals surface area contributed by atoms with Crippen LogP contribution in [0.3, 0.4) is 0 Å². The third kappa shape index (κ3) is 5.21. The summed E-state index contributed by atoms with van der Waals surface area (Å²) in [5, 5.41) is 6.94. The molecule has 2 N–H and O–H groups in total. The molecular formula is C26H32Cl2N6O2. The van der Waals surface area contributed by atoms with Gasteiger partial charge in [0.25, 0.3) is 11.8 Å². The topological polar surface area (TPSA) is 84.2 Å². The fraction of sp³-hybridized carbons (Fsp3) is 0.346. The first-order chi connectivity index (χ1) is 16.4. The van der Waals surface area contributed by atoms with E-state index in [2.05, 4.69) is 41.1 Å². The maximum absolute atomic E-state index is 13.3. The highest BCUT2D eigenvalue weighted by atomic mass is 35.5. The highest BCUT2D eigenvalue weighted by molar-refractivity contribution is 6.07. The van der Waals surface area contributed by atoms with Crippen LogP contribution < -0.4 is 10.6 Å². The summed E-state index contributed by atoms with van der Waals surface area (Å²) < 4.78 is 4.12. The van der Waals surface area contributed by atoms with Crippen LogP contribution in [-0.4, -0.2) is 58.0 Å². The van der Waals surface area contributed by atoms with Crippen molar-refractivity contribution < 1.29 is 9.59 Å². The number of nitrogens with one attached hydrogen (secondary N) is 2. The van der Waals surface area contributed by atoms with E-state index in [1.807, 2.05) is 47.0 Å². The summed E-state index contributed by atoms with van der Waals surface area (Å²) >= 11 is 0. The van der Waals surface area contributed by atoms with Gasteiger partial charge >= 0.3 is 0 Å². The minimum atomic E-state index is -0.215. The van der Waals surface area contributed by atoms with Gasteiger partial charge in [-0.15, -0.1) is 24.8 Å². The highest BCUT2D eigenvalue weighted by Crippen LogP contribution is 2.29. The SMILES string of the molecule is C[C@@H]1CCNC(=O)c2cc3ccc(C(=O)Nc4nc5ccccc5n4CCCN(C)C)cc3n21.Cl.Cl. The molecule has 0 saturated heterocycles. The second kappa shape index (κ2) is 11.3. The zero-order chi connectivity index (χ0) is 23.8. The van der Waals surface area contributed by atoms with Crippen LogP contribution in [-0.2, 0) is 6.54 Å². The van der Waals surface area contributed by atoms with Gasteiger partial charge in [-0.1, -0.05) is 18.2 Å². The lowest BCUT2D eigenvalue weighted by Gasteiger charge is -2.15. The Balaban J connectivity index is 0.00000180. The molecule has 2 amide bonds. The average Bonchev–Trinajstić information content (AvgIpc) is 3.32. The molecule has 8 nitrogen and oxygen atoms in total. The van der Waals surface area contributed by atoms with E-state index in [0.29, 0.717) is 23.8 Å². The van der Waals surface area contributed by atoms with Crippen molar-refractivity contribution in [2.75, 3.05) is 32.5 Å². The smallest absolute Gasteiger partial charge is 0.267 e. The number of amides is 2. The van der Waals surface area contributed by atoms with Crippen LogP contribution in [0.25, 0.3) is 21.9 Å². The molecule has 4 aromatic rings. The average molecular weight is 531 g/mol. The summed E-state index contributed by atoms with van der Waals surface area (Å²) in [6.45, 7) is 4.45. The van der Waals surface area contributed by atoms with Crippen LogP contribution in [0, 0.1) is 0 Å². The van der Waals surface area contributed by atoms with Gasteiger partial charge in [-0.2, -0.15) is 0 Å². The van der Waals surface area contributed by atoms with Crippen molar-refractivity contribution in [3.8, 4) is 0 Å². The van der Waals surface area contributed by atoms with Crippen molar-refractivity contribution in [2.24, 2.45) is 0 Å². The second-order valence-electron chi connectivity index (χ2n) is 9.25. The molecule has 36 heavy (non-hydrogen) atoms. The number of para-hydroxylation sites is 2. The van der Waals surface area contributed by atoms with Crippen molar-refractivity contribution in [3.05, 3.63) is 59.8 Å². The van der Waals surface area contributed by atoms with E-state index in [0.717, 1.165) is 47.9 Å². The molecule has 0 fully saturated rings. The van der Waals surface area contributed by atoms with E-state index < -0.39 is 0 Å². The number of fused-ring (bicyclic) bond motifs is 4. The summed E-state index contributed by atoms with van der Waals surface area (Å²) in [6, 6.07) is 15.6. The van der Waals surface area contributed by atoms with Crippen LogP contribution in [0.1, 0.15) is 46.7 Å². The van der Waals surface area contributed by atoms with Crippen LogP contribution in [0.15, 0.2) is 48.5 Å². The van der Waals surface area contributed by atoms with Crippen LogP contribution >= 0.6 is 24.8 Å². The number of hydrogen-bond acceptors (Lipinski definition) is 4. The van der Waals surface area contributed by atoms with Crippen molar-refractivity contribution >= 4 is 64.5 Å². The Hall–Kier alpha value is -3.07. The summed E-state index contributed by atoms with van der Waals surface area (Å²) in [6.07, 6.45) is 1.79. The predicted molar refractivity (Wildman–Crippen MR) is 149 cm³/mol. The number of anilines is 1. The number of rotatable bonds is 6. The van der Waals surface area contributed by atoms with E-state index in [1.54, 1.807) is 6.07 Å². The number of carbonyl (C=O) groups excluding carboxylic acids is 2. The lowest BCUT2D eigenvalue weighted by Crippen LogP contribution is -2.22. The molecule has 1 aliphatic heterocycles. The first-order valence-electron chi connectivity index (χ1n) is 11.8. The third-order valence-electron chi connectivity index (χ3n) is 6.49. The number of aromatic nitrogens is 3. The Labute approximate surface area is 222 Å². The minimum absolute atomic E-state index is 0. The van der Waals surface area contributed by atoms with Gasteiger partial charge in [-0.3, -0.25) is 14.9 Å². The monoisotopic (exact) mass is 530 g/mol. The first-order valence-corrected chi connectivity index (χ1v) is 11.8. The maximum atomic E-state index is 13.3. The lowest BCUT2D eigenvalue weighted by molar-refractivity contribution is 0.0950. The quantitative estimate of drug-likeness (QED) is 0.377. The number of imidazole rings is 1. The normalized spacial score (nSPS) is 15.1. The molecule has 0 radical (unpaired) electrons. The molecule has 0 aliphatic carbocycles. The highest BCUT2D eigenvalue weighted by Gasteiger charge is 2.23. The van der Waals surface area contributed by atoms with Gasteiger partial charge in [-0.25, -0.2) is 4.98 Å². The van der Waals surface area contributed by atoms with E-state index in [9.17, 15) is 9.59 Å². The molecule has 2 aromatic heterocycles. The van der Waals surface area contributed by atoms with Gasteiger partial charge < -0.3 is 19.4 Å². The van der Waals surface area contributed by atoms with Crippen molar-refractivity contribution in [2.45, 2.75) is 32.4 Å². The number of carbonyl (C=O) groups is 2. The van der Waals surface area contributed by atoms with E-state index >= 15 is 0 Å². The molecule has 1 aliphatic rings. The number of halogens is 2. The number of hydrogen-bond donors (Lipinski definition) is 2. The second-order valence-corrected chi connectivity index (χ2v) is 9.25. The maximum Gasteiger partial charge on any atom is 0.267 e. The molecular weight excluding hydrogens is 499 g/mol. The van der Waals surface area contributed by atoms with E-state index in [1.165, 1.54) is 0 Å². The summed E-state index contributed by atoms with van der Waals surface area (Å²) in [7, 11) is 4.11. The van der Waals surface area contributed by atoms with Gasteiger partial charge in [0.2, 0.25) is 5.95 Å². The predicted octanol–water partition coefficient (Wildman–Crippen LogP) is 4.73. The molecule has 0 bridgehead atoms. The molecule has 0 unspecified atom stereocenters. The van der Waals surface area contributed by atoms with Crippen molar-refractivity contribution in [1.29, 1.82) is 0 Å². The Morgan fingerprint density at radius 2 is 1.92 bits per heavy atom. The van der Waals surface area contributed by atoms with Crippen LogP contribution in [0.5, 0.6) is 0 Å². The zero-order valence-corrected chi connectivity index (χ0v) is 22.3.